The third-order valence-corrected chi connectivity index (χ3v) is 5.64. The number of nitrogens with zero attached hydrogens (tertiary/aromatic N) is 1. The van der Waals surface area contributed by atoms with Gasteiger partial charge in [0.2, 0.25) is 0 Å². The Labute approximate surface area is 102 Å². The number of hydrogen-bond acceptors (Lipinski definition) is 5. The maximum atomic E-state index is 11.4. The van der Waals surface area contributed by atoms with Gasteiger partial charge in [0.15, 0.2) is 9.84 Å². The summed E-state index contributed by atoms with van der Waals surface area (Å²) in [6.45, 7) is 2.09. The average Bonchev–Trinajstić information content (AvgIpc) is 2.47. The van der Waals surface area contributed by atoms with Gasteiger partial charge in [0.05, 0.1) is 23.7 Å². The van der Waals surface area contributed by atoms with Gasteiger partial charge in [0, 0.05) is 11.8 Å². The molecular weight excluding hydrogens is 246 g/mol. The zero-order valence-corrected chi connectivity index (χ0v) is 11.7. The average molecular weight is 267 g/mol. The van der Waals surface area contributed by atoms with Crippen LogP contribution in [0.2, 0.25) is 0 Å². The van der Waals surface area contributed by atoms with Crippen molar-refractivity contribution in [2.75, 3.05) is 30.6 Å². The first kappa shape index (κ1) is 14.3. The SMILES string of the molecule is CCC(CSC)N(C)C1CS(=O)(=O)CC1O. The second kappa shape index (κ2) is 5.71. The van der Waals surface area contributed by atoms with Crippen LogP contribution in [0.15, 0.2) is 0 Å². The van der Waals surface area contributed by atoms with Crippen LogP contribution in [0.5, 0.6) is 0 Å². The first-order valence-corrected chi connectivity index (χ1v) is 8.72. The van der Waals surface area contributed by atoms with Crippen LogP contribution in [-0.4, -0.2) is 67.2 Å². The van der Waals surface area contributed by atoms with Crippen molar-refractivity contribution < 1.29 is 13.5 Å². The molecule has 0 aromatic carbocycles. The number of rotatable bonds is 5. The van der Waals surface area contributed by atoms with E-state index >= 15 is 0 Å². The lowest BCUT2D eigenvalue weighted by Gasteiger charge is -2.33. The number of aliphatic hydroxyl groups excluding tert-OH is 1. The predicted octanol–water partition coefficient (Wildman–Crippen LogP) is 0.218. The van der Waals surface area contributed by atoms with Crippen molar-refractivity contribution in [3.05, 3.63) is 0 Å². The number of aliphatic hydroxyl groups is 1. The molecule has 3 atom stereocenters. The summed E-state index contributed by atoms with van der Waals surface area (Å²) < 4.78 is 22.9. The fourth-order valence-corrected chi connectivity index (χ4v) is 4.90. The largest absolute Gasteiger partial charge is 0.390 e. The molecule has 0 spiro atoms. The van der Waals surface area contributed by atoms with E-state index in [2.05, 4.69) is 6.92 Å². The number of thioether (sulfide) groups is 1. The Morgan fingerprint density at radius 3 is 2.50 bits per heavy atom. The summed E-state index contributed by atoms with van der Waals surface area (Å²) in [4.78, 5) is 2.03. The lowest BCUT2D eigenvalue weighted by Crippen LogP contribution is -2.47. The quantitative estimate of drug-likeness (QED) is 0.772. The molecule has 0 radical (unpaired) electrons. The van der Waals surface area contributed by atoms with E-state index in [0.717, 1.165) is 12.2 Å². The van der Waals surface area contributed by atoms with Gasteiger partial charge in [-0.2, -0.15) is 11.8 Å². The molecular formula is C10H21NO3S2. The highest BCUT2D eigenvalue weighted by atomic mass is 32.2. The molecule has 1 aliphatic rings. The van der Waals surface area contributed by atoms with Gasteiger partial charge in [-0.25, -0.2) is 8.42 Å². The molecule has 96 valence electrons. The number of likely N-dealkylation sites (N-methyl/N-ethyl adjacent to an activating group) is 1. The third kappa shape index (κ3) is 3.35. The summed E-state index contributed by atoms with van der Waals surface area (Å²) in [5.41, 5.74) is 0. The standard InChI is InChI=1S/C10H21NO3S2/c1-4-8(5-15-3)11(2)9-6-16(13,14)7-10(9)12/h8-10,12H,4-7H2,1-3H3. The molecule has 6 heteroatoms. The number of sulfone groups is 1. The Hall–Kier alpha value is 0.220. The van der Waals surface area contributed by atoms with Crippen LogP contribution in [0.25, 0.3) is 0 Å². The van der Waals surface area contributed by atoms with E-state index in [1.165, 1.54) is 0 Å². The van der Waals surface area contributed by atoms with Gasteiger partial charge in [0.25, 0.3) is 0 Å². The van der Waals surface area contributed by atoms with E-state index in [-0.39, 0.29) is 17.5 Å². The lowest BCUT2D eigenvalue weighted by molar-refractivity contribution is 0.0780. The summed E-state index contributed by atoms with van der Waals surface area (Å²) in [7, 11) is -1.13. The van der Waals surface area contributed by atoms with Crippen LogP contribution in [-0.2, 0) is 9.84 Å². The van der Waals surface area contributed by atoms with Crippen molar-refractivity contribution in [3.63, 3.8) is 0 Å². The highest BCUT2D eigenvalue weighted by Gasteiger charge is 2.40. The molecule has 1 aliphatic heterocycles. The van der Waals surface area contributed by atoms with Gasteiger partial charge in [-0.15, -0.1) is 0 Å². The Morgan fingerprint density at radius 2 is 2.12 bits per heavy atom. The molecule has 0 aromatic rings. The van der Waals surface area contributed by atoms with E-state index in [9.17, 15) is 13.5 Å². The molecule has 1 rings (SSSR count). The maximum absolute atomic E-state index is 11.4. The van der Waals surface area contributed by atoms with E-state index in [1.54, 1.807) is 11.8 Å². The molecule has 0 aromatic heterocycles. The van der Waals surface area contributed by atoms with Crippen molar-refractivity contribution in [3.8, 4) is 0 Å². The first-order valence-electron chi connectivity index (χ1n) is 5.50. The number of hydrogen-bond donors (Lipinski definition) is 1. The minimum absolute atomic E-state index is 0.0856. The molecule has 16 heavy (non-hydrogen) atoms. The van der Waals surface area contributed by atoms with E-state index in [4.69, 9.17) is 0 Å². The minimum atomic E-state index is -3.04. The molecule has 0 bridgehead atoms. The van der Waals surface area contributed by atoms with Crippen molar-refractivity contribution in [1.82, 2.24) is 4.90 Å². The van der Waals surface area contributed by atoms with Crippen LogP contribution < -0.4 is 0 Å². The van der Waals surface area contributed by atoms with Crippen LogP contribution in [0.3, 0.4) is 0 Å². The van der Waals surface area contributed by atoms with Crippen LogP contribution >= 0.6 is 11.8 Å². The summed E-state index contributed by atoms with van der Waals surface area (Å²) in [6.07, 6.45) is 2.28. The minimum Gasteiger partial charge on any atom is -0.390 e. The molecule has 1 saturated heterocycles. The van der Waals surface area contributed by atoms with Crippen LogP contribution in [0.4, 0.5) is 0 Å². The van der Waals surface area contributed by atoms with Crippen molar-refractivity contribution in [2.24, 2.45) is 0 Å². The van der Waals surface area contributed by atoms with Gasteiger partial charge in [-0.05, 0) is 19.7 Å². The van der Waals surface area contributed by atoms with Gasteiger partial charge in [-0.3, -0.25) is 4.90 Å². The fraction of sp³-hybridized carbons (Fsp3) is 1.00. The predicted molar refractivity (Wildman–Crippen MR) is 68.7 cm³/mol. The van der Waals surface area contributed by atoms with Crippen molar-refractivity contribution in [1.29, 1.82) is 0 Å². The molecule has 0 saturated carbocycles. The van der Waals surface area contributed by atoms with Crippen LogP contribution in [0.1, 0.15) is 13.3 Å². The molecule has 1 fully saturated rings. The molecule has 4 nitrogen and oxygen atoms in total. The summed E-state index contributed by atoms with van der Waals surface area (Å²) in [5, 5.41) is 9.78. The van der Waals surface area contributed by atoms with E-state index < -0.39 is 15.9 Å². The zero-order valence-electron chi connectivity index (χ0n) is 10.1. The fourth-order valence-electron chi connectivity index (χ4n) is 2.19. The first-order chi connectivity index (χ1) is 7.41. The molecule has 0 amide bonds. The van der Waals surface area contributed by atoms with E-state index in [1.807, 2.05) is 18.2 Å². The Bertz CT molecular complexity index is 318. The lowest BCUT2D eigenvalue weighted by atomic mass is 10.1. The molecule has 1 heterocycles. The Balaban J connectivity index is 2.70. The normalized spacial score (nSPS) is 30.8. The summed E-state index contributed by atoms with van der Waals surface area (Å²) >= 11 is 1.75. The Morgan fingerprint density at radius 1 is 1.50 bits per heavy atom. The van der Waals surface area contributed by atoms with Gasteiger partial charge >= 0.3 is 0 Å². The molecule has 0 aliphatic carbocycles. The molecule has 3 unspecified atom stereocenters. The van der Waals surface area contributed by atoms with E-state index in [0.29, 0.717) is 6.04 Å². The van der Waals surface area contributed by atoms with Crippen LogP contribution in [0, 0.1) is 0 Å². The zero-order chi connectivity index (χ0) is 12.3. The van der Waals surface area contributed by atoms with Crippen molar-refractivity contribution in [2.45, 2.75) is 31.5 Å². The second-order valence-electron chi connectivity index (χ2n) is 4.39. The topological polar surface area (TPSA) is 57.6 Å². The molecule has 1 N–H and O–H groups in total. The highest BCUT2D eigenvalue weighted by Crippen LogP contribution is 2.21. The summed E-state index contributed by atoms with van der Waals surface area (Å²) in [6, 6.07) is 0.102. The Kier molecular flexibility index (Phi) is 5.10. The van der Waals surface area contributed by atoms with Gasteiger partial charge in [0.1, 0.15) is 0 Å². The van der Waals surface area contributed by atoms with Crippen molar-refractivity contribution >= 4 is 21.6 Å². The third-order valence-electron chi connectivity index (χ3n) is 3.22. The second-order valence-corrected chi connectivity index (χ2v) is 7.46. The highest BCUT2D eigenvalue weighted by molar-refractivity contribution is 7.98. The van der Waals surface area contributed by atoms with Gasteiger partial charge in [-0.1, -0.05) is 6.92 Å². The monoisotopic (exact) mass is 267 g/mol. The summed E-state index contributed by atoms with van der Waals surface area (Å²) in [5.74, 6) is 0.976. The maximum Gasteiger partial charge on any atom is 0.154 e. The van der Waals surface area contributed by atoms with Gasteiger partial charge < -0.3 is 5.11 Å². The smallest absolute Gasteiger partial charge is 0.154 e.